The number of rotatable bonds is 4. The first kappa shape index (κ1) is 13.3. The van der Waals surface area contributed by atoms with E-state index < -0.39 is 9.84 Å². The second-order valence-electron chi connectivity index (χ2n) is 3.65. The van der Waals surface area contributed by atoms with Crippen molar-refractivity contribution in [2.24, 2.45) is 5.11 Å². The molecule has 5 nitrogen and oxygen atoms in total. The van der Waals surface area contributed by atoms with Gasteiger partial charge in [0.2, 0.25) is 0 Å². The molecular weight excluding hydrogens is 238 g/mol. The van der Waals surface area contributed by atoms with E-state index in [1.54, 1.807) is 43.3 Å². The molecule has 0 bridgehead atoms. The van der Waals surface area contributed by atoms with Crippen molar-refractivity contribution < 1.29 is 8.42 Å². The summed E-state index contributed by atoms with van der Waals surface area (Å²) in [6.45, 7) is 1.76. The number of benzene rings is 1. The minimum Gasteiger partial charge on any atom is -0.224 e. The van der Waals surface area contributed by atoms with Gasteiger partial charge in [-0.1, -0.05) is 36.3 Å². The van der Waals surface area contributed by atoms with E-state index in [-0.39, 0.29) is 10.9 Å². The van der Waals surface area contributed by atoms with Crippen LogP contribution in [0.4, 0.5) is 0 Å². The van der Waals surface area contributed by atoms with E-state index in [2.05, 4.69) is 10.0 Å². The summed E-state index contributed by atoms with van der Waals surface area (Å²) in [6.07, 6.45) is 4.70. The Labute approximate surface area is 100 Å². The van der Waals surface area contributed by atoms with Gasteiger partial charge in [-0.15, -0.1) is 0 Å². The third kappa shape index (κ3) is 4.30. The van der Waals surface area contributed by atoms with Gasteiger partial charge in [-0.05, 0) is 23.2 Å². The lowest BCUT2D eigenvalue weighted by atomic mass is 10.2. The molecule has 17 heavy (non-hydrogen) atoms. The van der Waals surface area contributed by atoms with Crippen LogP contribution in [0.1, 0.15) is 12.5 Å². The van der Waals surface area contributed by atoms with Gasteiger partial charge in [-0.25, -0.2) is 8.42 Å². The Kier molecular flexibility index (Phi) is 4.31. The Morgan fingerprint density at radius 2 is 1.94 bits per heavy atom. The second kappa shape index (κ2) is 5.52. The highest BCUT2D eigenvalue weighted by Crippen LogP contribution is 2.11. The van der Waals surface area contributed by atoms with Crippen LogP contribution < -0.4 is 0 Å². The van der Waals surface area contributed by atoms with Crippen LogP contribution in [-0.2, 0) is 9.84 Å². The summed E-state index contributed by atoms with van der Waals surface area (Å²) in [6, 6.07) is 6.28. The highest BCUT2D eigenvalue weighted by molar-refractivity contribution is 7.90. The highest BCUT2D eigenvalue weighted by atomic mass is 32.2. The second-order valence-corrected chi connectivity index (χ2v) is 5.66. The summed E-state index contributed by atoms with van der Waals surface area (Å²) in [5.74, 6) is 0. The minimum atomic E-state index is -3.15. The van der Waals surface area contributed by atoms with Crippen molar-refractivity contribution in [3.63, 3.8) is 0 Å². The maximum Gasteiger partial charge on any atom is 0.175 e. The molecule has 1 aromatic carbocycles. The molecule has 90 valence electrons. The van der Waals surface area contributed by atoms with Crippen molar-refractivity contribution in [2.75, 3.05) is 6.26 Å². The third-order valence-electron chi connectivity index (χ3n) is 2.11. The molecule has 0 radical (unpaired) electrons. The Hall–Kier alpha value is -1.78. The van der Waals surface area contributed by atoms with Crippen LogP contribution in [0.15, 0.2) is 40.4 Å². The standard InChI is InChI=1S/C11H13N3O2S/c1-9(13-14-12)3-4-10-5-7-11(8-6-10)17(2,15)16/h3-9H,1-2H3/b4-3+. The van der Waals surface area contributed by atoms with Crippen LogP contribution in [-0.4, -0.2) is 20.7 Å². The maximum atomic E-state index is 11.2. The largest absolute Gasteiger partial charge is 0.224 e. The van der Waals surface area contributed by atoms with Gasteiger partial charge in [0, 0.05) is 11.2 Å². The predicted octanol–water partition coefficient (Wildman–Crippen LogP) is 2.80. The van der Waals surface area contributed by atoms with Crippen molar-refractivity contribution in [2.45, 2.75) is 17.9 Å². The Balaban J connectivity index is 2.86. The molecule has 1 aromatic rings. The SMILES string of the molecule is CC(/C=C/c1ccc(S(C)(=O)=O)cc1)N=[N+]=[N-]. The molecule has 0 saturated carbocycles. The lowest BCUT2D eigenvalue weighted by molar-refractivity contribution is 0.602. The summed E-state index contributed by atoms with van der Waals surface area (Å²) in [4.78, 5) is 2.98. The first-order valence-electron chi connectivity index (χ1n) is 4.96. The van der Waals surface area contributed by atoms with E-state index in [1.165, 1.54) is 6.26 Å². The van der Waals surface area contributed by atoms with E-state index in [9.17, 15) is 8.42 Å². The number of azide groups is 1. The molecule has 0 N–H and O–H groups in total. The minimum absolute atomic E-state index is 0.227. The van der Waals surface area contributed by atoms with Crippen LogP contribution in [0.5, 0.6) is 0 Å². The molecule has 1 rings (SSSR count). The smallest absolute Gasteiger partial charge is 0.175 e. The van der Waals surface area contributed by atoms with Gasteiger partial charge in [0.25, 0.3) is 0 Å². The Bertz CT molecular complexity index is 555. The van der Waals surface area contributed by atoms with E-state index in [4.69, 9.17) is 5.53 Å². The van der Waals surface area contributed by atoms with Gasteiger partial charge in [0.15, 0.2) is 9.84 Å². The van der Waals surface area contributed by atoms with E-state index in [1.807, 2.05) is 0 Å². The first-order valence-corrected chi connectivity index (χ1v) is 6.85. The maximum absolute atomic E-state index is 11.2. The van der Waals surface area contributed by atoms with Crippen LogP contribution >= 0.6 is 0 Å². The number of sulfone groups is 1. The summed E-state index contributed by atoms with van der Waals surface area (Å²) >= 11 is 0. The Morgan fingerprint density at radius 1 is 1.35 bits per heavy atom. The lowest BCUT2D eigenvalue weighted by Crippen LogP contribution is -1.96. The molecule has 1 unspecified atom stereocenters. The zero-order chi connectivity index (χ0) is 12.9. The number of hydrogen-bond donors (Lipinski definition) is 0. The molecule has 0 fully saturated rings. The summed E-state index contributed by atoms with van der Waals surface area (Å²) in [5.41, 5.74) is 9.08. The van der Waals surface area contributed by atoms with Crippen molar-refractivity contribution >= 4 is 15.9 Å². The van der Waals surface area contributed by atoms with Crippen LogP contribution in [0.2, 0.25) is 0 Å². The molecular formula is C11H13N3O2S. The summed E-state index contributed by atoms with van der Waals surface area (Å²) in [5, 5.41) is 3.49. The number of nitrogens with zero attached hydrogens (tertiary/aromatic N) is 3. The quantitative estimate of drug-likeness (QED) is 0.468. The van der Waals surface area contributed by atoms with Crippen LogP contribution in [0.25, 0.3) is 16.5 Å². The normalized spacial score (nSPS) is 13.3. The van der Waals surface area contributed by atoms with Gasteiger partial charge in [-0.2, -0.15) is 0 Å². The average molecular weight is 251 g/mol. The lowest BCUT2D eigenvalue weighted by Gasteiger charge is -1.99. The van der Waals surface area contributed by atoms with Gasteiger partial charge in [0.1, 0.15) is 0 Å². The fourth-order valence-corrected chi connectivity index (χ4v) is 1.83. The van der Waals surface area contributed by atoms with E-state index in [0.29, 0.717) is 0 Å². The molecule has 0 aliphatic carbocycles. The van der Waals surface area contributed by atoms with Gasteiger partial charge >= 0.3 is 0 Å². The van der Waals surface area contributed by atoms with Crippen molar-refractivity contribution in [3.05, 3.63) is 46.3 Å². The molecule has 0 saturated heterocycles. The average Bonchev–Trinajstić information content (AvgIpc) is 2.26. The molecule has 0 aliphatic heterocycles. The molecule has 0 heterocycles. The summed E-state index contributed by atoms with van der Waals surface area (Å²) in [7, 11) is -3.15. The van der Waals surface area contributed by atoms with Crippen molar-refractivity contribution in [1.29, 1.82) is 0 Å². The molecule has 0 aromatic heterocycles. The van der Waals surface area contributed by atoms with Crippen molar-refractivity contribution in [3.8, 4) is 0 Å². The van der Waals surface area contributed by atoms with Crippen LogP contribution in [0, 0.1) is 0 Å². The first-order chi connectivity index (χ1) is 7.93. The molecule has 0 spiro atoms. The molecule has 6 heteroatoms. The zero-order valence-corrected chi connectivity index (χ0v) is 10.4. The van der Waals surface area contributed by atoms with Gasteiger partial charge in [0.05, 0.1) is 10.9 Å². The van der Waals surface area contributed by atoms with E-state index >= 15 is 0 Å². The number of hydrogen-bond acceptors (Lipinski definition) is 3. The van der Waals surface area contributed by atoms with Gasteiger partial charge in [-0.3, -0.25) is 0 Å². The van der Waals surface area contributed by atoms with E-state index in [0.717, 1.165) is 5.56 Å². The molecule has 0 amide bonds. The van der Waals surface area contributed by atoms with Crippen molar-refractivity contribution in [1.82, 2.24) is 0 Å². The van der Waals surface area contributed by atoms with Gasteiger partial charge < -0.3 is 0 Å². The zero-order valence-electron chi connectivity index (χ0n) is 9.61. The summed E-state index contributed by atoms with van der Waals surface area (Å²) < 4.78 is 22.4. The molecule has 1 atom stereocenters. The fourth-order valence-electron chi connectivity index (χ4n) is 1.20. The predicted molar refractivity (Wildman–Crippen MR) is 67.2 cm³/mol. The van der Waals surface area contributed by atoms with Crippen LogP contribution in [0.3, 0.4) is 0 Å². The molecule has 0 aliphatic rings. The Morgan fingerprint density at radius 3 is 2.41 bits per heavy atom. The third-order valence-corrected chi connectivity index (χ3v) is 3.24. The topological polar surface area (TPSA) is 82.9 Å². The highest BCUT2D eigenvalue weighted by Gasteiger charge is 2.04. The fraction of sp³-hybridized carbons (Fsp3) is 0.273. The monoisotopic (exact) mass is 251 g/mol.